The van der Waals surface area contributed by atoms with Crippen molar-refractivity contribution < 1.29 is 13.9 Å². The number of nitrogens with zero attached hydrogens (tertiary/aromatic N) is 3. The predicted octanol–water partition coefficient (Wildman–Crippen LogP) is 2.20. The van der Waals surface area contributed by atoms with Crippen molar-refractivity contribution >= 4 is 11.9 Å². The Morgan fingerprint density at radius 1 is 1.40 bits per heavy atom. The predicted molar refractivity (Wildman–Crippen MR) is 89.9 cm³/mol. The number of ether oxygens (including phenoxy) is 1. The van der Waals surface area contributed by atoms with Crippen molar-refractivity contribution in [2.75, 3.05) is 25.9 Å². The van der Waals surface area contributed by atoms with Crippen molar-refractivity contribution in [2.24, 2.45) is 5.92 Å². The van der Waals surface area contributed by atoms with E-state index < -0.39 is 5.82 Å². The molecule has 2 N–H and O–H groups in total. The average Bonchev–Trinajstić information content (AvgIpc) is 3.41. The Kier molecular flexibility index (Phi) is 3.78. The Hall–Kier alpha value is -2.70. The number of aromatic nitrogens is 2. The van der Waals surface area contributed by atoms with Gasteiger partial charge in [0.25, 0.3) is 5.91 Å². The van der Waals surface area contributed by atoms with Gasteiger partial charge in [-0.1, -0.05) is 6.07 Å². The monoisotopic (exact) mass is 342 g/mol. The molecule has 0 bridgehead atoms. The van der Waals surface area contributed by atoms with Crippen LogP contribution in [0.4, 0.5) is 10.3 Å². The lowest BCUT2D eigenvalue weighted by molar-refractivity contribution is 0.0770. The first-order valence-electron chi connectivity index (χ1n) is 8.33. The van der Waals surface area contributed by atoms with Gasteiger partial charge in [-0.05, 0) is 36.5 Å². The maximum Gasteiger partial charge on any atom is 0.254 e. The standard InChI is InChI=1S/C18H19FN4O2/c1-23-8-14(12-5-4-11(19)6-13(12)17(23)24)16-15(7-21-18(20)22-16)25-9-10-2-3-10/h4-7,10,14H,2-3,8-9H2,1H3,(H2,20,21,22). The Morgan fingerprint density at radius 3 is 2.96 bits per heavy atom. The highest BCUT2D eigenvalue weighted by molar-refractivity contribution is 5.97. The fourth-order valence-corrected chi connectivity index (χ4v) is 3.16. The molecule has 6 nitrogen and oxygen atoms in total. The van der Waals surface area contributed by atoms with Gasteiger partial charge < -0.3 is 15.4 Å². The first-order chi connectivity index (χ1) is 12.0. The van der Waals surface area contributed by atoms with Crippen molar-refractivity contribution in [3.05, 3.63) is 47.0 Å². The third-order valence-corrected chi connectivity index (χ3v) is 4.73. The highest BCUT2D eigenvalue weighted by Crippen LogP contribution is 2.37. The Labute approximate surface area is 144 Å². The molecule has 1 atom stereocenters. The fourth-order valence-electron chi connectivity index (χ4n) is 3.16. The summed E-state index contributed by atoms with van der Waals surface area (Å²) in [5.41, 5.74) is 7.52. The lowest BCUT2D eigenvalue weighted by Gasteiger charge is -2.32. The van der Waals surface area contributed by atoms with Crippen LogP contribution in [-0.2, 0) is 0 Å². The summed E-state index contributed by atoms with van der Waals surface area (Å²) in [6.07, 6.45) is 3.93. The second-order valence-corrected chi connectivity index (χ2v) is 6.70. The molecule has 4 rings (SSSR count). The molecular weight excluding hydrogens is 323 g/mol. The zero-order valence-corrected chi connectivity index (χ0v) is 13.9. The van der Waals surface area contributed by atoms with Gasteiger partial charge in [0.2, 0.25) is 5.95 Å². The van der Waals surface area contributed by atoms with Crippen LogP contribution in [0.15, 0.2) is 24.4 Å². The normalized spacial score (nSPS) is 19.7. The van der Waals surface area contributed by atoms with Gasteiger partial charge in [-0.3, -0.25) is 4.79 Å². The minimum Gasteiger partial charge on any atom is -0.490 e. The topological polar surface area (TPSA) is 81.3 Å². The van der Waals surface area contributed by atoms with Crippen LogP contribution >= 0.6 is 0 Å². The third kappa shape index (κ3) is 3.01. The molecular formula is C18H19FN4O2. The molecule has 25 heavy (non-hydrogen) atoms. The largest absolute Gasteiger partial charge is 0.490 e. The maximum atomic E-state index is 13.6. The molecule has 0 radical (unpaired) electrons. The van der Waals surface area contributed by atoms with E-state index in [2.05, 4.69) is 9.97 Å². The van der Waals surface area contributed by atoms with Crippen molar-refractivity contribution in [3.63, 3.8) is 0 Å². The van der Waals surface area contributed by atoms with Gasteiger partial charge in [0, 0.05) is 25.1 Å². The van der Waals surface area contributed by atoms with Crippen LogP contribution in [0.3, 0.4) is 0 Å². The van der Waals surface area contributed by atoms with Gasteiger partial charge in [0.15, 0.2) is 5.75 Å². The van der Waals surface area contributed by atoms with Crippen molar-refractivity contribution in [2.45, 2.75) is 18.8 Å². The number of rotatable bonds is 4. The van der Waals surface area contributed by atoms with Gasteiger partial charge in [0.1, 0.15) is 5.82 Å². The molecule has 2 aliphatic rings. The van der Waals surface area contributed by atoms with Crippen LogP contribution in [0.2, 0.25) is 0 Å². The van der Waals surface area contributed by atoms with E-state index >= 15 is 0 Å². The Morgan fingerprint density at radius 2 is 2.20 bits per heavy atom. The van der Waals surface area contributed by atoms with Gasteiger partial charge >= 0.3 is 0 Å². The summed E-state index contributed by atoms with van der Waals surface area (Å²) < 4.78 is 19.6. The van der Waals surface area contributed by atoms with Crippen LogP contribution in [0.1, 0.15) is 40.4 Å². The number of nitrogen functional groups attached to an aromatic ring is 1. The molecule has 0 spiro atoms. The maximum absolute atomic E-state index is 13.6. The van der Waals surface area contributed by atoms with E-state index in [1.807, 2.05) is 0 Å². The average molecular weight is 342 g/mol. The zero-order chi connectivity index (χ0) is 17.6. The van der Waals surface area contributed by atoms with Crippen molar-refractivity contribution in [3.8, 4) is 5.75 Å². The lowest BCUT2D eigenvalue weighted by Crippen LogP contribution is -2.38. The van der Waals surface area contributed by atoms with Gasteiger partial charge in [-0.25, -0.2) is 14.4 Å². The number of amides is 1. The second kappa shape index (κ2) is 5.98. The van der Waals surface area contributed by atoms with Crippen molar-refractivity contribution in [1.29, 1.82) is 0 Å². The summed E-state index contributed by atoms with van der Waals surface area (Å²) in [4.78, 5) is 22.4. The van der Waals surface area contributed by atoms with E-state index in [-0.39, 0.29) is 17.8 Å². The van der Waals surface area contributed by atoms with E-state index in [4.69, 9.17) is 10.5 Å². The fraction of sp³-hybridized carbons (Fsp3) is 0.389. The Bertz CT molecular complexity index is 838. The number of anilines is 1. The molecule has 1 unspecified atom stereocenters. The Balaban J connectivity index is 1.77. The van der Waals surface area contributed by atoms with Crippen LogP contribution in [-0.4, -0.2) is 41.0 Å². The number of carbonyl (C=O) groups is 1. The minimum atomic E-state index is -0.437. The van der Waals surface area contributed by atoms with Crippen LogP contribution in [0.25, 0.3) is 0 Å². The molecule has 1 amide bonds. The molecule has 2 heterocycles. The summed E-state index contributed by atoms with van der Waals surface area (Å²) >= 11 is 0. The number of fused-ring (bicyclic) bond motifs is 1. The van der Waals surface area contributed by atoms with Gasteiger partial charge in [-0.15, -0.1) is 0 Å². The molecule has 1 aromatic carbocycles. The molecule has 1 aliphatic carbocycles. The third-order valence-electron chi connectivity index (χ3n) is 4.73. The van der Waals surface area contributed by atoms with Gasteiger partial charge in [-0.2, -0.15) is 0 Å². The van der Waals surface area contributed by atoms with Crippen LogP contribution in [0, 0.1) is 11.7 Å². The zero-order valence-electron chi connectivity index (χ0n) is 13.9. The molecule has 1 fully saturated rings. The van der Waals surface area contributed by atoms with E-state index in [9.17, 15) is 9.18 Å². The van der Waals surface area contributed by atoms with Gasteiger partial charge in [0.05, 0.1) is 18.5 Å². The highest BCUT2D eigenvalue weighted by Gasteiger charge is 2.34. The minimum absolute atomic E-state index is 0.150. The molecule has 130 valence electrons. The number of benzene rings is 1. The molecule has 0 saturated heterocycles. The molecule has 2 aromatic rings. The summed E-state index contributed by atoms with van der Waals surface area (Å²) in [5, 5.41) is 0. The SMILES string of the molecule is CN1CC(c2nc(N)ncc2OCC2CC2)c2ccc(F)cc2C1=O. The number of nitrogens with two attached hydrogens (primary N) is 1. The summed E-state index contributed by atoms with van der Waals surface area (Å²) in [6, 6.07) is 4.28. The molecule has 7 heteroatoms. The van der Waals surface area contributed by atoms with E-state index in [1.54, 1.807) is 24.2 Å². The van der Waals surface area contributed by atoms with E-state index in [0.717, 1.165) is 5.56 Å². The molecule has 1 aromatic heterocycles. The number of likely N-dealkylation sites (N-methyl/N-ethyl adjacent to an activating group) is 1. The number of halogens is 1. The van der Waals surface area contributed by atoms with E-state index in [1.165, 1.54) is 25.0 Å². The first-order valence-corrected chi connectivity index (χ1v) is 8.33. The summed E-state index contributed by atoms with van der Waals surface area (Å²) in [5.74, 6) is 0.433. The summed E-state index contributed by atoms with van der Waals surface area (Å²) in [6.45, 7) is 1.05. The second-order valence-electron chi connectivity index (χ2n) is 6.70. The van der Waals surface area contributed by atoms with Crippen LogP contribution in [0.5, 0.6) is 5.75 Å². The lowest BCUT2D eigenvalue weighted by atomic mass is 9.86. The quantitative estimate of drug-likeness (QED) is 0.921. The first kappa shape index (κ1) is 15.8. The van der Waals surface area contributed by atoms with Crippen LogP contribution < -0.4 is 10.5 Å². The number of carbonyl (C=O) groups excluding carboxylic acids is 1. The van der Waals surface area contributed by atoms with Crippen molar-refractivity contribution in [1.82, 2.24) is 14.9 Å². The summed E-state index contributed by atoms with van der Waals surface area (Å²) in [7, 11) is 1.69. The molecule has 1 aliphatic heterocycles. The smallest absolute Gasteiger partial charge is 0.254 e. The highest BCUT2D eigenvalue weighted by atomic mass is 19.1. The number of hydrogen-bond donors (Lipinski definition) is 1. The van der Waals surface area contributed by atoms with E-state index in [0.29, 0.717) is 36.1 Å². The number of hydrogen-bond acceptors (Lipinski definition) is 5. The molecule has 1 saturated carbocycles.